The average molecular weight is 360 g/mol. The van der Waals surface area contributed by atoms with Crippen LogP contribution in [0.15, 0.2) is 89.6 Å². The molecule has 0 radical (unpaired) electrons. The van der Waals surface area contributed by atoms with Crippen molar-refractivity contribution in [3.63, 3.8) is 0 Å². The van der Waals surface area contributed by atoms with E-state index in [4.69, 9.17) is 0 Å². The number of carbonyl (C=O) groups is 1. The number of halogens is 2. The Balaban J connectivity index is 1.84. The molecule has 1 aliphatic rings. The fourth-order valence-corrected chi connectivity index (χ4v) is 2.87. The Hall–Kier alpha value is -3.60. The minimum Gasteiger partial charge on any atom is -0.266 e. The van der Waals surface area contributed by atoms with Crippen LogP contribution in [0, 0.1) is 11.6 Å². The Bertz CT molecular complexity index is 1060. The third-order valence-electron chi connectivity index (χ3n) is 4.17. The molecule has 3 nitrogen and oxygen atoms in total. The summed E-state index contributed by atoms with van der Waals surface area (Å²) in [7, 11) is 0. The van der Waals surface area contributed by atoms with Crippen LogP contribution in [0.5, 0.6) is 0 Å². The molecule has 0 spiro atoms. The number of aliphatic imine (C=N–C) groups is 1. The molecule has 0 atom stereocenters. The van der Waals surface area contributed by atoms with Crippen molar-refractivity contribution in [2.75, 3.05) is 4.90 Å². The maximum atomic E-state index is 14.0. The van der Waals surface area contributed by atoms with Crippen molar-refractivity contribution in [3.05, 3.63) is 107 Å². The quantitative estimate of drug-likeness (QED) is 0.618. The van der Waals surface area contributed by atoms with Crippen molar-refractivity contribution < 1.29 is 13.6 Å². The monoisotopic (exact) mass is 360 g/mol. The van der Waals surface area contributed by atoms with Crippen molar-refractivity contribution in [2.24, 2.45) is 4.99 Å². The lowest BCUT2D eigenvalue weighted by molar-refractivity contribution is -0.113. The van der Waals surface area contributed by atoms with E-state index in [1.54, 1.807) is 18.2 Å². The highest BCUT2D eigenvalue weighted by atomic mass is 19.1. The van der Waals surface area contributed by atoms with Crippen molar-refractivity contribution in [2.45, 2.75) is 0 Å². The maximum absolute atomic E-state index is 14.0. The van der Waals surface area contributed by atoms with Gasteiger partial charge in [-0.3, -0.25) is 9.69 Å². The smallest absolute Gasteiger partial charge is 0.266 e. The van der Waals surface area contributed by atoms with E-state index in [9.17, 15) is 13.6 Å². The Morgan fingerprint density at radius 2 is 1.48 bits per heavy atom. The number of rotatable bonds is 3. The number of carbonyl (C=O) groups excluding carboxylic acids is 1. The molecule has 5 heteroatoms. The molecule has 1 heterocycles. The van der Waals surface area contributed by atoms with Crippen LogP contribution in [0.3, 0.4) is 0 Å². The summed E-state index contributed by atoms with van der Waals surface area (Å²) in [5.74, 6) is -0.821. The topological polar surface area (TPSA) is 32.7 Å². The van der Waals surface area contributed by atoms with Crippen molar-refractivity contribution >= 4 is 23.5 Å². The van der Waals surface area contributed by atoms with Gasteiger partial charge in [0.1, 0.15) is 23.2 Å². The average Bonchev–Trinajstić information content (AvgIpc) is 3.01. The summed E-state index contributed by atoms with van der Waals surface area (Å²) in [5.41, 5.74) is 1.61. The fraction of sp³-hybridized carbons (Fsp3) is 0. The third kappa shape index (κ3) is 3.27. The number of amides is 1. The molecule has 0 aliphatic carbocycles. The van der Waals surface area contributed by atoms with Gasteiger partial charge >= 0.3 is 0 Å². The molecule has 3 aromatic carbocycles. The van der Waals surface area contributed by atoms with Gasteiger partial charge in [-0.25, -0.2) is 13.8 Å². The summed E-state index contributed by atoms with van der Waals surface area (Å²) in [4.78, 5) is 18.9. The first kappa shape index (κ1) is 16.8. The van der Waals surface area contributed by atoms with Gasteiger partial charge in [0.05, 0.1) is 5.69 Å². The van der Waals surface area contributed by atoms with Gasteiger partial charge in [-0.2, -0.15) is 0 Å². The third-order valence-corrected chi connectivity index (χ3v) is 4.17. The van der Waals surface area contributed by atoms with E-state index in [0.29, 0.717) is 11.5 Å². The van der Waals surface area contributed by atoms with Crippen LogP contribution in [0.1, 0.15) is 11.1 Å². The molecule has 0 saturated heterocycles. The zero-order valence-corrected chi connectivity index (χ0v) is 14.1. The Morgan fingerprint density at radius 1 is 0.815 bits per heavy atom. The number of hydrogen-bond donors (Lipinski definition) is 0. The molecule has 0 saturated carbocycles. The number of anilines is 1. The molecule has 0 unspecified atom stereocenters. The van der Waals surface area contributed by atoms with E-state index < -0.39 is 17.5 Å². The molecule has 3 aromatic rings. The van der Waals surface area contributed by atoms with Gasteiger partial charge in [-0.15, -0.1) is 0 Å². The number of nitrogens with zero attached hydrogens (tertiary/aromatic N) is 2. The van der Waals surface area contributed by atoms with Crippen LogP contribution in [0.25, 0.3) is 6.08 Å². The SMILES string of the molecule is O=C1/C(=C\c2ccccc2F)N=C(c2ccccc2)N1c1ccc(F)cc1. The summed E-state index contributed by atoms with van der Waals surface area (Å²) >= 11 is 0. The van der Waals surface area contributed by atoms with Gasteiger partial charge in [0.25, 0.3) is 5.91 Å². The molecule has 27 heavy (non-hydrogen) atoms. The normalized spacial score (nSPS) is 15.3. The second-order valence-electron chi connectivity index (χ2n) is 5.97. The standard InChI is InChI=1S/C22H14F2N2O/c23-17-10-12-18(13-11-17)26-21(15-6-2-1-3-7-15)25-20(22(26)27)14-16-8-4-5-9-19(16)24/h1-14H/b20-14+. The lowest BCUT2D eigenvalue weighted by Gasteiger charge is -2.18. The first-order valence-corrected chi connectivity index (χ1v) is 8.34. The summed E-state index contributed by atoms with van der Waals surface area (Å²) in [6.07, 6.45) is 1.42. The van der Waals surface area contributed by atoms with Crippen molar-refractivity contribution in [3.8, 4) is 0 Å². The predicted octanol–water partition coefficient (Wildman–Crippen LogP) is 4.80. The van der Waals surface area contributed by atoms with E-state index in [1.165, 1.54) is 41.3 Å². The van der Waals surface area contributed by atoms with Crippen LogP contribution in [-0.2, 0) is 4.79 Å². The zero-order valence-electron chi connectivity index (χ0n) is 14.1. The second kappa shape index (κ2) is 6.96. The van der Waals surface area contributed by atoms with E-state index in [0.717, 1.165) is 5.56 Å². The molecule has 0 aromatic heterocycles. The van der Waals surface area contributed by atoms with Gasteiger partial charge in [0.15, 0.2) is 0 Å². The molecule has 0 fully saturated rings. The number of amidine groups is 1. The summed E-state index contributed by atoms with van der Waals surface area (Å²) < 4.78 is 27.3. The zero-order chi connectivity index (χ0) is 18.8. The molecule has 1 aliphatic heterocycles. The first-order chi connectivity index (χ1) is 13.1. The second-order valence-corrected chi connectivity index (χ2v) is 5.97. The minimum atomic E-state index is -0.436. The van der Waals surface area contributed by atoms with Crippen LogP contribution < -0.4 is 4.90 Å². The van der Waals surface area contributed by atoms with Crippen LogP contribution in [0.4, 0.5) is 14.5 Å². The first-order valence-electron chi connectivity index (χ1n) is 8.34. The van der Waals surface area contributed by atoms with Crippen molar-refractivity contribution in [1.82, 2.24) is 0 Å². The molecule has 4 rings (SSSR count). The Morgan fingerprint density at radius 3 is 2.19 bits per heavy atom. The summed E-state index contributed by atoms with van der Waals surface area (Å²) in [6, 6.07) is 20.9. The summed E-state index contributed by atoms with van der Waals surface area (Å²) in [6.45, 7) is 0. The highest BCUT2D eigenvalue weighted by Crippen LogP contribution is 2.28. The van der Waals surface area contributed by atoms with Crippen molar-refractivity contribution in [1.29, 1.82) is 0 Å². The summed E-state index contributed by atoms with van der Waals surface area (Å²) in [5, 5.41) is 0. The molecule has 0 bridgehead atoms. The van der Waals surface area contributed by atoms with E-state index in [-0.39, 0.29) is 11.3 Å². The highest BCUT2D eigenvalue weighted by molar-refractivity contribution is 6.33. The van der Waals surface area contributed by atoms with Gasteiger partial charge in [-0.05, 0) is 36.4 Å². The Labute approximate surface area is 154 Å². The molecule has 0 N–H and O–H groups in total. The Kier molecular flexibility index (Phi) is 4.34. The van der Waals surface area contributed by atoms with Crippen LogP contribution in [-0.4, -0.2) is 11.7 Å². The highest BCUT2D eigenvalue weighted by Gasteiger charge is 2.32. The lowest BCUT2D eigenvalue weighted by atomic mass is 10.1. The molecular weight excluding hydrogens is 346 g/mol. The predicted molar refractivity (Wildman–Crippen MR) is 101 cm³/mol. The van der Waals surface area contributed by atoms with E-state index in [2.05, 4.69) is 4.99 Å². The number of benzene rings is 3. The van der Waals surface area contributed by atoms with Gasteiger partial charge in [-0.1, -0.05) is 48.5 Å². The molecule has 132 valence electrons. The van der Waals surface area contributed by atoms with Crippen LogP contribution >= 0.6 is 0 Å². The maximum Gasteiger partial charge on any atom is 0.282 e. The largest absolute Gasteiger partial charge is 0.282 e. The molecule has 1 amide bonds. The van der Waals surface area contributed by atoms with Gasteiger partial charge < -0.3 is 0 Å². The van der Waals surface area contributed by atoms with Crippen LogP contribution in [0.2, 0.25) is 0 Å². The van der Waals surface area contributed by atoms with Gasteiger partial charge in [0, 0.05) is 11.1 Å². The minimum absolute atomic E-state index is 0.114. The van der Waals surface area contributed by atoms with Gasteiger partial charge in [0.2, 0.25) is 0 Å². The lowest BCUT2D eigenvalue weighted by Crippen LogP contribution is -2.32. The number of hydrogen-bond acceptors (Lipinski definition) is 2. The molecular formula is C22H14F2N2O. The fourth-order valence-electron chi connectivity index (χ4n) is 2.87. The van der Waals surface area contributed by atoms with E-state index >= 15 is 0 Å². The van der Waals surface area contributed by atoms with E-state index in [1.807, 2.05) is 30.3 Å².